The SMILES string of the molecule is CCNc1ncc(-c2cc(NC[C@@H](C)C(C)c3cccc4c(C(=O)NC)c(F)cnc34)ncn2)cn1. The van der Waals surface area contributed by atoms with Crippen molar-refractivity contribution >= 4 is 28.6 Å². The Morgan fingerprint density at radius 3 is 2.53 bits per heavy atom. The zero-order chi connectivity index (χ0) is 25.7. The molecule has 1 aromatic carbocycles. The number of hydrogen-bond donors (Lipinski definition) is 3. The third-order valence-electron chi connectivity index (χ3n) is 6.24. The Hall–Kier alpha value is -4.21. The molecule has 4 rings (SSSR count). The lowest BCUT2D eigenvalue weighted by atomic mass is 9.87. The molecule has 186 valence electrons. The summed E-state index contributed by atoms with van der Waals surface area (Å²) in [5, 5.41) is 9.46. The highest BCUT2D eigenvalue weighted by Gasteiger charge is 2.22. The number of benzene rings is 1. The van der Waals surface area contributed by atoms with Gasteiger partial charge in [-0.05, 0) is 24.3 Å². The van der Waals surface area contributed by atoms with Gasteiger partial charge < -0.3 is 16.0 Å². The summed E-state index contributed by atoms with van der Waals surface area (Å²) in [6.45, 7) is 7.58. The minimum absolute atomic E-state index is 0.0123. The quantitative estimate of drug-likeness (QED) is 0.320. The van der Waals surface area contributed by atoms with Crippen molar-refractivity contribution in [2.24, 2.45) is 5.92 Å². The van der Waals surface area contributed by atoms with Crippen LogP contribution < -0.4 is 16.0 Å². The second-order valence-corrected chi connectivity index (χ2v) is 8.56. The Labute approximate surface area is 209 Å². The lowest BCUT2D eigenvalue weighted by Crippen LogP contribution is -2.21. The molecule has 0 radical (unpaired) electrons. The number of para-hydroxylation sites is 1. The molecule has 1 unspecified atom stereocenters. The highest BCUT2D eigenvalue weighted by atomic mass is 19.1. The van der Waals surface area contributed by atoms with Gasteiger partial charge in [-0.3, -0.25) is 9.78 Å². The first-order valence-corrected chi connectivity index (χ1v) is 11.8. The van der Waals surface area contributed by atoms with Gasteiger partial charge in [0, 0.05) is 49.5 Å². The first-order chi connectivity index (χ1) is 17.4. The maximum absolute atomic E-state index is 14.4. The van der Waals surface area contributed by atoms with E-state index in [1.807, 2.05) is 25.1 Å². The predicted octanol–water partition coefficient (Wildman–Crippen LogP) is 4.26. The van der Waals surface area contributed by atoms with Crippen LogP contribution in [0, 0.1) is 11.7 Å². The minimum Gasteiger partial charge on any atom is -0.370 e. The average molecular weight is 489 g/mol. The summed E-state index contributed by atoms with van der Waals surface area (Å²) in [7, 11) is 1.48. The molecule has 0 spiro atoms. The number of amides is 1. The summed E-state index contributed by atoms with van der Waals surface area (Å²) in [6, 6.07) is 7.40. The molecule has 36 heavy (non-hydrogen) atoms. The largest absolute Gasteiger partial charge is 0.370 e. The monoisotopic (exact) mass is 488 g/mol. The average Bonchev–Trinajstić information content (AvgIpc) is 2.91. The van der Waals surface area contributed by atoms with Crippen LogP contribution in [0.3, 0.4) is 0 Å². The molecule has 0 saturated heterocycles. The first-order valence-electron chi connectivity index (χ1n) is 11.8. The van der Waals surface area contributed by atoms with Crippen molar-refractivity contribution in [1.82, 2.24) is 30.2 Å². The van der Waals surface area contributed by atoms with Crippen molar-refractivity contribution in [3.63, 3.8) is 0 Å². The molecule has 0 bridgehead atoms. The van der Waals surface area contributed by atoms with Gasteiger partial charge in [0.2, 0.25) is 5.95 Å². The molecule has 9 nitrogen and oxygen atoms in total. The van der Waals surface area contributed by atoms with E-state index in [-0.39, 0.29) is 17.4 Å². The van der Waals surface area contributed by atoms with E-state index in [2.05, 4.69) is 54.7 Å². The Morgan fingerprint density at radius 2 is 1.81 bits per heavy atom. The van der Waals surface area contributed by atoms with Gasteiger partial charge in [0.1, 0.15) is 12.1 Å². The smallest absolute Gasteiger partial charge is 0.254 e. The van der Waals surface area contributed by atoms with Crippen LogP contribution in [0.25, 0.3) is 22.2 Å². The molecule has 0 fully saturated rings. The van der Waals surface area contributed by atoms with Gasteiger partial charge in [-0.15, -0.1) is 0 Å². The van der Waals surface area contributed by atoms with Gasteiger partial charge >= 0.3 is 0 Å². The van der Waals surface area contributed by atoms with Gasteiger partial charge in [0.25, 0.3) is 5.91 Å². The molecular formula is C26H29FN8O. The maximum atomic E-state index is 14.4. The Kier molecular flexibility index (Phi) is 7.62. The number of halogens is 1. The number of pyridine rings is 1. The van der Waals surface area contributed by atoms with Crippen molar-refractivity contribution in [2.75, 3.05) is 30.8 Å². The van der Waals surface area contributed by atoms with E-state index in [9.17, 15) is 9.18 Å². The molecule has 10 heteroatoms. The standard InChI is InChI=1S/C26H29FN8O/c1-5-29-26-32-11-17(12-33-26)21-9-22(35-14-34-21)30-10-15(2)16(3)18-7-6-8-19-23(25(36)28-4)20(27)13-31-24(18)19/h6-9,11-16H,5,10H2,1-4H3,(H,28,36)(H,29,32,33)(H,30,34,35)/t15-,16?/m1/s1. The van der Waals surface area contributed by atoms with Crippen LogP contribution in [0.4, 0.5) is 16.2 Å². The summed E-state index contributed by atoms with van der Waals surface area (Å²) in [5.74, 6) is 0.403. The second-order valence-electron chi connectivity index (χ2n) is 8.56. The number of carbonyl (C=O) groups excluding carboxylic acids is 1. The molecule has 0 saturated carbocycles. The summed E-state index contributed by atoms with van der Waals surface area (Å²) < 4.78 is 14.4. The van der Waals surface area contributed by atoms with Gasteiger partial charge in [0.05, 0.1) is 23.0 Å². The van der Waals surface area contributed by atoms with Crippen LogP contribution in [0.5, 0.6) is 0 Å². The Morgan fingerprint density at radius 1 is 1.03 bits per heavy atom. The number of carbonyl (C=O) groups is 1. The molecule has 0 aliphatic carbocycles. The molecule has 0 aliphatic heterocycles. The maximum Gasteiger partial charge on any atom is 0.254 e. The third kappa shape index (κ3) is 5.22. The van der Waals surface area contributed by atoms with Crippen molar-refractivity contribution in [3.05, 3.63) is 66.1 Å². The van der Waals surface area contributed by atoms with Crippen molar-refractivity contribution in [1.29, 1.82) is 0 Å². The summed E-state index contributed by atoms with van der Waals surface area (Å²) in [6.07, 6.45) is 6.08. The third-order valence-corrected chi connectivity index (χ3v) is 6.24. The molecule has 2 atom stereocenters. The van der Waals surface area contributed by atoms with E-state index in [0.29, 0.717) is 29.2 Å². The lowest BCUT2D eigenvalue weighted by molar-refractivity contribution is 0.0960. The molecule has 0 aliphatic rings. The normalized spacial score (nSPS) is 12.7. The summed E-state index contributed by atoms with van der Waals surface area (Å²) in [5.41, 5.74) is 3.11. The highest BCUT2D eigenvalue weighted by Crippen LogP contribution is 2.32. The van der Waals surface area contributed by atoms with Gasteiger partial charge in [0.15, 0.2) is 5.82 Å². The molecular weight excluding hydrogens is 459 g/mol. The van der Waals surface area contributed by atoms with Crippen LogP contribution in [0.1, 0.15) is 42.6 Å². The zero-order valence-electron chi connectivity index (χ0n) is 20.7. The van der Waals surface area contributed by atoms with Gasteiger partial charge in [-0.1, -0.05) is 32.0 Å². The Balaban J connectivity index is 1.50. The molecule has 3 heterocycles. The number of rotatable bonds is 9. The zero-order valence-corrected chi connectivity index (χ0v) is 20.7. The Bertz CT molecular complexity index is 1360. The van der Waals surface area contributed by atoms with E-state index in [4.69, 9.17) is 0 Å². The number of fused-ring (bicyclic) bond motifs is 1. The number of nitrogens with one attached hydrogen (secondary N) is 3. The van der Waals surface area contributed by atoms with E-state index in [0.717, 1.165) is 29.6 Å². The fraction of sp³-hybridized carbons (Fsp3) is 0.308. The predicted molar refractivity (Wildman–Crippen MR) is 138 cm³/mol. The molecule has 3 aromatic heterocycles. The number of nitrogens with zero attached hydrogens (tertiary/aromatic N) is 5. The second kappa shape index (κ2) is 11.0. The van der Waals surface area contributed by atoms with E-state index < -0.39 is 11.7 Å². The van der Waals surface area contributed by atoms with Crippen LogP contribution in [0.2, 0.25) is 0 Å². The number of aromatic nitrogens is 5. The van der Waals surface area contributed by atoms with Gasteiger partial charge in [-0.2, -0.15) is 0 Å². The van der Waals surface area contributed by atoms with Crippen LogP contribution in [0.15, 0.2) is 49.2 Å². The van der Waals surface area contributed by atoms with Crippen LogP contribution >= 0.6 is 0 Å². The van der Waals surface area contributed by atoms with Crippen molar-refractivity contribution in [3.8, 4) is 11.3 Å². The highest BCUT2D eigenvalue weighted by molar-refractivity contribution is 6.06. The van der Waals surface area contributed by atoms with E-state index in [1.54, 1.807) is 18.5 Å². The fourth-order valence-electron chi connectivity index (χ4n) is 4.02. The number of hydrogen-bond acceptors (Lipinski definition) is 8. The first kappa shape index (κ1) is 24.9. The lowest BCUT2D eigenvalue weighted by Gasteiger charge is -2.22. The van der Waals surface area contributed by atoms with Crippen molar-refractivity contribution < 1.29 is 9.18 Å². The summed E-state index contributed by atoms with van der Waals surface area (Å²) >= 11 is 0. The van der Waals surface area contributed by atoms with Gasteiger partial charge in [-0.25, -0.2) is 24.3 Å². The minimum atomic E-state index is -0.636. The van der Waals surface area contributed by atoms with Crippen LogP contribution in [-0.2, 0) is 0 Å². The summed E-state index contributed by atoms with van der Waals surface area (Å²) in [4.78, 5) is 33.9. The fourth-order valence-corrected chi connectivity index (χ4v) is 4.02. The van der Waals surface area contributed by atoms with E-state index in [1.165, 1.54) is 13.4 Å². The topological polar surface area (TPSA) is 118 Å². The molecule has 4 aromatic rings. The van der Waals surface area contributed by atoms with E-state index >= 15 is 0 Å². The molecule has 3 N–H and O–H groups in total. The molecule has 1 amide bonds. The number of anilines is 2. The van der Waals surface area contributed by atoms with Crippen molar-refractivity contribution in [2.45, 2.75) is 26.7 Å². The van der Waals surface area contributed by atoms with Crippen LogP contribution in [-0.4, -0.2) is 51.0 Å².